The van der Waals surface area contributed by atoms with Gasteiger partial charge < -0.3 is 10.6 Å². The van der Waals surface area contributed by atoms with E-state index in [-0.39, 0.29) is 11.6 Å². The molecule has 0 radical (unpaired) electrons. The van der Waals surface area contributed by atoms with Gasteiger partial charge in [0, 0.05) is 29.4 Å². The highest BCUT2D eigenvalue weighted by molar-refractivity contribution is 6.35. The number of halogens is 2. The van der Waals surface area contributed by atoms with Gasteiger partial charge in [0.15, 0.2) is 5.82 Å². The number of hydrogen-bond acceptors (Lipinski definition) is 5. The molecule has 4 aromatic rings. The van der Waals surface area contributed by atoms with Gasteiger partial charge in [0.1, 0.15) is 17.7 Å². The van der Waals surface area contributed by atoms with E-state index in [1.165, 1.54) is 6.33 Å². The van der Waals surface area contributed by atoms with Crippen LogP contribution in [0.4, 0.5) is 10.2 Å². The third-order valence-corrected chi connectivity index (χ3v) is 5.00. The normalized spacial score (nSPS) is 14.7. The number of aromatic nitrogens is 4. The molecule has 1 saturated heterocycles. The summed E-state index contributed by atoms with van der Waals surface area (Å²) in [6.07, 6.45) is 3.04. The summed E-state index contributed by atoms with van der Waals surface area (Å²) in [5, 5.41) is 15.1. The van der Waals surface area contributed by atoms with Crippen molar-refractivity contribution in [2.24, 2.45) is 0 Å². The van der Waals surface area contributed by atoms with Crippen LogP contribution in [0.2, 0.25) is 5.02 Å². The minimum Gasteiger partial charge on any atom is -0.364 e. The molecular weight excluding hydrogens is 355 g/mol. The van der Waals surface area contributed by atoms with Crippen LogP contribution in [0.5, 0.6) is 0 Å². The van der Waals surface area contributed by atoms with E-state index >= 15 is 4.39 Å². The van der Waals surface area contributed by atoms with Gasteiger partial charge in [0.05, 0.1) is 22.8 Å². The topological polar surface area (TPSA) is 78.5 Å². The summed E-state index contributed by atoms with van der Waals surface area (Å²) in [5.41, 5.74) is 2.06. The van der Waals surface area contributed by atoms with Crippen molar-refractivity contribution >= 4 is 39.2 Å². The maximum absolute atomic E-state index is 15.4. The molecule has 1 aliphatic rings. The largest absolute Gasteiger partial charge is 0.364 e. The average Bonchev–Trinajstić information content (AvgIpc) is 3.08. The van der Waals surface area contributed by atoms with Crippen molar-refractivity contribution in [1.82, 2.24) is 25.5 Å². The molecule has 0 unspecified atom stereocenters. The van der Waals surface area contributed by atoms with Crippen LogP contribution in [0.3, 0.4) is 0 Å². The zero-order chi connectivity index (χ0) is 17.7. The molecule has 1 fully saturated rings. The van der Waals surface area contributed by atoms with Gasteiger partial charge >= 0.3 is 0 Å². The standard InChI is InChI=1S/C18H14ClFN6/c19-13-4-11-17(22-8-23-18(11)25-9-5-21-6-9)16(20)15(13)10-2-1-3-14-12(10)7-24-26-14/h1-4,7-9,21H,5-6H2,(H,24,26)(H,22,23,25). The van der Waals surface area contributed by atoms with Crippen molar-refractivity contribution in [2.75, 3.05) is 18.4 Å². The van der Waals surface area contributed by atoms with Gasteiger partial charge in [0.2, 0.25) is 0 Å². The fraction of sp³-hybridized carbons (Fsp3) is 0.167. The summed E-state index contributed by atoms with van der Waals surface area (Å²) < 4.78 is 15.4. The molecule has 0 atom stereocenters. The molecule has 3 N–H and O–H groups in total. The zero-order valence-electron chi connectivity index (χ0n) is 13.6. The average molecular weight is 369 g/mol. The highest BCUT2D eigenvalue weighted by Crippen LogP contribution is 2.39. The van der Waals surface area contributed by atoms with Gasteiger partial charge in [0.25, 0.3) is 0 Å². The van der Waals surface area contributed by atoms with E-state index in [1.54, 1.807) is 12.3 Å². The van der Waals surface area contributed by atoms with Crippen LogP contribution in [0.25, 0.3) is 32.9 Å². The van der Waals surface area contributed by atoms with Crippen molar-refractivity contribution in [1.29, 1.82) is 0 Å². The first kappa shape index (κ1) is 15.5. The van der Waals surface area contributed by atoms with Gasteiger partial charge in [-0.05, 0) is 17.7 Å². The Balaban J connectivity index is 1.73. The number of anilines is 1. The Morgan fingerprint density at radius 2 is 2.08 bits per heavy atom. The van der Waals surface area contributed by atoms with Gasteiger partial charge in [-0.15, -0.1) is 0 Å². The third-order valence-electron chi connectivity index (χ3n) is 4.70. The molecule has 2 aromatic carbocycles. The Labute approximate surface area is 152 Å². The number of nitrogens with zero attached hydrogens (tertiary/aromatic N) is 3. The number of benzene rings is 2. The lowest BCUT2D eigenvalue weighted by Crippen LogP contribution is -2.51. The van der Waals surface area contributed by atoms with Crippen LogP contribution in [-0.4, -0.2) is 39.3 Å². The molecule has 1 aliphatic heterocycles. The second kappa shape index (κ2) is 5.89. The lowest BCUT2D eigenvalue weighted by atomic mass is 9.99. The lowest BCUT2D eigenvalue weighted by molar-refractivity contribution is 0.471. The number of fused-ring (bicyclic) bond motifs is 2. The Morgan fingerprint density at radius 3 is 2.88 bits per heavy atom. The quantitative estimate of drug-likeness (QED) is 0.517. The number of aromatic amines is 1. The third kappa shape index (κ3) is 2.32. The predicted octanol–water partition coefficient (Wildman–Crippen LogP) is 3.35. The minimum absolute atomic E-state index is 0.245. The van der Waals surface area contributed by atoms with Crippen molar-refractivity contribution < 1.29 is 4.39 Å². The highest BCUT2D eigenvalue weighted by Gasteiger charge is 2.22. The maximum atomic E-state index is 15.4. The number of rotatable bonds is 3. The fourth-order valence-corrected chi connectivity index (χ4v) is 3.56. The first-order chi connectivity index (χ1) is 12.7. The molecule has 0 spiro atoms. The molecule has 130 valence electrons. The van der Waals surface area contributed by atoms with E-state index in [9.17, 15) is 0 Å². The summed E-state index contributed by atoms with van der Waals surface area (Å²) in [7, 11) is 0. The molecule has 26 heavy (non-hydrogen) atoms. The molecule has 3 heterocycles. The molecule has 0 aliphatic carbocycles. The maximum Gasteiger partial charge on any atom is 0.158 e. The summed E-state index contributed by atoms with van der Waals surface area (Å²) in [6, 6.07) is 7.55. The molecule has 5 rings (SSSR count). The van der Waals surface area contributed by atoms with Crippen LogP contribution in [0, 0.1) is 5.82 Å². The predicted molar refractivity (Wildman–Crippen MR) is 99.9 cm³/mol. The number of nitrogens with one attached hydrogen (secondary N) is 3. The number of H-pyrrole nitrogens is 1. The molecule has 8 heteroatoms. The Morgan fingerprint density at radius 1 is 1.19 bits per heavy atom. The van der Waals surface area contributed by atoms with E-state index in [1.807, 2.05) is 18.2 Å². The van der Waals surface area contributed by atoms with E-state index in [4.69, 9.17) is 11.6 Å². The van der Waals surface area contributed by atoms with Crippen LogP contribution >= 0.6 is 11.6 Å². The van der Waals surface area contributed by atoms with E-state index in [0.717, 1.165) is 24.0 Å². The van der Waals surface area contributed by atoms with E-state index in [0.29, 0.717) is 27.4 Å². The molecular formula is C18H14ClFN6. The van der Waals surface area contributed by atoms with Gasteiger partial charge in [-0.3, -0.25) is 5.10 Å². The van der Waals surface area contributed by atoms with Crippen LogP contribution in [0.15, 0.2) is 36.8 Å². The van der Waals surface area contributed by atoms with Crippen molar-refractivity contribution in [3.8, 4) is 11.1 Å². The minimum atomic E-state index is -0.460. The monoisotopic (exact) mass is 368 g/mol. The second-order valence-electron chi connectivity index (χ2n) is 6.30. The van der Waals surface area contributed by atoms with Crippen molar-refractivity contribution in [3.05, 3.63) is 47.6 Å². The van der Waals surface area contributed by atoms with Crippen molar-refractivity contribution in [3.63, 3.8) is 0 Å². The fourth-order valence-electron chi connectivity index (χ4n) is 3.26. The molecule has 6 nitrogen and oxygen atoms in total. The second-order valence-corrected chi connectivity index (χ2v) is 6.71. The van der Waals surface area contributed by atoms with Crippen LogP contribution < -0.4 is 10.6 Å². The van der Waals surface area contributed by atoms with Gasteiger partial charge in [-0.25, -0.2) is 14.4 Å². The lowest BCUT2D eigenvalue weighted by Gasteiger charge is -2.28. The molecule has 0 bridgehead atoms. The summed E-state index contributed by atoms with van der Waals surface area (Å²) in [4.78, 5) is 8.43. The number of hydrogen-bond donors (Lipinski definition) is 3. The Kier molecular flexibility index (Phi) is 3.51. The molecule has 2 aromatic heterocycles. The summed E-state index contributed by atoms with van der Waals surface area (Å²) in [6.45, 7) is 1.70. The summed E-state index contributed by atoms with van der Waals surface area (Å²) in [5.74, 6) is 0.133. The molecule has 0 amide bonds. The first-order valence-electron chi connectivity index (χ1n) is 8.25. The van der Waals surface area contributed by atoms with E-state index in [2.05, 4.69) is 30.8 Å². The molecule has 0 saturated carbocycles. The van der Waals surface area contributed by atoms with Crippen molar-refractivity contribution in [2.45, 2.75) is 6.04 Å². The smallest absolute Gasteiger partial charge is 0.158 e. The highest BCUT2D eigenvalue weighted by atomic mass is 35.5. The van der Waals surface area contributed by atoms with Gasteiger partial charge in [-0.1, -0.05) is 23.7 Å². The van der Waals surface area contributed by atoms with E-state index < -0.39 is 5.82 Å². The Hall–Kier alpha value is -2.77. The van der Waals surface area contributed by atoms with Crippen LogP contribution in [-0.2, 0) is 0 Å². The summed E-state index contributed by atoms with van der Waals surface area (Å²) >= 11 is 6.50. The zero-order valence-corrected chi connectivity index (χ0v) is 14.3. The SMILES string of the molecule is Fc1c(-c2cccc3[nH]ncc23)c(Cl)cc2c(NC3CNC3)ncnc12. The first-order valence-corrected chi connectivity index (χ1v) is 8.62. The van der Waals surface area contributed by atoms with Crippen LogP contribution in [0.1, 0.15) is 0 Å². The van der Waals surface area contributed by atoms with Gasteiger partial charge in [-0.2, -0.15) is 5.10 Å². The Bertz CT molecular complexity index is 1140.